The molecule has 1 N–H and O–H groups in total. The lowest BCUT2D eigenvalue weighted by Crippen LogP contribution is -2.23. The molecule has 0 aliphatic carbocycles. The first-order valence-electron chi connectivity index (χ1n) is 8.28. The van der Waals surface area contributed by atoms with Crippen molar-refractivity contribution in [3.05, 3.63) is 54.0 Å². The first-order chi connectivity index (χ1) is 11.0. The molecule has 0 aliphatic rings. The fourth-order valence-electron chi connectivity index (χ4n) is 2.81. The van der Waals surface area contributed by atoms with Gasteiger partial charge in [0.05, 0.1) is 11.7 Å². The van der Waals surface area contributed by atoms with Crippen LogP contribution >= 0.6 is 0 Å². The zero-order valence-corrected chi connectivity index (χ0v) is 14.5. The van der Waals surface area contributed by atoms with Crippen molar-refractivity contribution in [1.82, 2.24) is 19.7 Å². The van der Waals surface area contributed by atoms with Crippen LogP contribution in [0.5, 0.6) is 0 Å². The normalized spacial score (nSPS) is 12.4. The second-order valence-corrected chi connectivity index (χ2v) is 7.17. The maximum Gasteiger partial charge on any atom is 0.0543 e. The third kappa shape index (κ3) is 3.64. The highest BCUT2D eigenvalue weighted by Crippen LogP contribution is 2.18. The molecular formula is C19H26N4. The number of H-pyrrole nitrogens is 1. The number of hydrogen-bond acceptors (Lipinski definition) is 2. The van der Waals surface area contributed by atoms with Gasteiger partial charge in [0.1, 0.15) is 0 Å². The van der Waals surface area contributed by atoms with E-state index in [1.54, 1.807) is 0 Å². The molecule has 122 valence electrons. The zero-order valence-electron chi connectivity index (χ0n) is 14.5. The van der Waals surface area contributed by atoms with E-state index in [4.69, 9.17) is 0 Å². The van der Waals surface area contributed by atoms with Gasteiger partial charge < -0.3 is 4.98 Å². The van der Waals surface area contributed by atoms with Crippen molar-refractivity contribution in [2.45, 2.75) is 46.3 Å². The maximum absolute atomic E-state index is 4.50. The Morgan fingerprint density at radius 2 is 1.91 bits per heavy atom. The highest BCUT2D eigenvalue weighted by molar-refractivity contribution is 5.79. The third-order valence-corrected chi connectivity index (χ3v) is 4.20. The van der Waals surface area contributed by atoms with E-state index in [2.05, 4.69) is 73.1 Å². The molecule has 0 radical (unpaired) electrons. The summed E-state index contributed by atoms with van der Waals surface area (Å²) in [7, 11) is 0. The van der Waals surface area contributed by atoms with Crippen LogP contribution in [0, 0.1) is 0 Å². The van der Waals surface area contributed by atoms with Crippen LogP contribution in [0.4, 0.5) is 0 Å². The molecule has 0 atom stereocenters. The van der Waals surface area contributed by atoms with E-state index in [-0.39, 0.29) is 5.54 Å². The van der Waals surface area contributed by atoms with Crippen LogP contribution in [0.3, 0.4) is 0 Å². The Morgan fingerprint density at radius 3 is 2.61 bits per heavy atom. The van der Waals surface area contributed by atoms with Gasteiger partial charge in [-0.3, -0.25) is 9.58 Å². The fraction of sp³-hybridized carbons (Fsp3) is 0.421. The Labute approximate surface area is 138 Å². The van der Waals surface area contributed by atoms with E-state index in [1.165, 1.54) is 22.0 Å². The van der Waals surface area contributed by atoms with Gasteiger partial charge in [0.15, 0.2) is 0 Å². The van der Waals surface area contributed by atoms with Gasteiger partial charge >= 0.3 is 0 Å². The molecule has 23 heavy (non-hydrogen) atoms. The maximum atomic E-state index is 4.50. The van der Waals surface area contributed by atoms with Crippen molar-refractivity contribution >= 4 is 10.9 Å². The number of nitrogens with one attached hydrogen (secondary N) is 1. The Morgan fingerprint density at radius 1 is 1.13 bits per heavy atom. The van der Waals surface area contributed by atoms with Crippen molar-refractivity contribution in [3.8, 4) is 0 Å². The Hall–Kier alpha value is -2.07. The molecule has 4 heteroatoms. The highest BCUT2D eigenvalue weighted by Gasteiger charge is 2.15. The molecule has 2 heterocycles. The monoisotopic (exact) mass is 310 g/mol. The van der Waals surface area contributed by atoms with Crippen LogP contribution in [-0.2, 0) is 18.6 Å². The van der Waals surface area contributed by atoms with Crippen molar-refractivity contribution in [2.75, 3.05) is 6.54 Å². The summed E-state index contributed by atoms with van der Waals surface area (Å²) in [5.74, 6) is 0. The molecule has 0 saturated heterocycles. The van der Waals surface area contributed by atoms with E-state index in [1.807, 2.05) is 17.1 Å². The molecule has 4 nitrogen and oxygen atoms in total. The number of nitrogens with zero attached hydrogens (tertiary/aromatic N) is 3. The standard InChI is InChI=1S/C19H26N4/c1-5-22(13-16-11-21-23(14-16)19(2,3)4)12-15-6-7-18-17(10-15)8-9-20-18/h6-11,14,20H,5,12-13H2,1-4H3. The second kappa shape index (κ2) is 6.20. The van der Waals surface area contributed by atoms with Gasteiger partial charge in [0, 0.05) is 36.6 Å². The summed E-state index contributed by atoms with van der Waals surface area (Å²) in [6.07, 6.45) is 6.15. The molecule has 3 rings (SSSR count). The van der Waals surface area contributed by atoms with Crippen LogP contribution in [-0.4, -0.2) is 26.2 Å². The first kappa shape index (κ1) is 15.8. The lowest BCUT2D eigenvalue weighted by atomic mass is 10.1. The third-order valence-electron chi connectivity index (χ3n) is 4.20. The smallest absolute Gasteiger partial charge is 0.0543 e. The Balaban J connectivity index is 1.71. The summed E-state index contributed by atoms with van der Waals surface area (Å²) in [6.45, 7) is 11.6. The number of hydrogen-bond donors (Lipinski definition) is 1. The SMILES string of the molecule is CCN(Cc1ccc2[nH]ccc2c1)Cc1cnn(C(C)(C)C)c1. The van der Waals surface area contributed by atoms with Crippen LogP contribution < -0.4 is 0 Å². The molecule has 0 spiro atoms. The summed E-state index contributed by atoms with van der Waals surface area (Å²) < 4.78 is 2.04. The molecule has 0 unspecified atom stereocenters. The molecule has 0 bridgehead atoms. The molecule has 1 aromatic carbocycles. The van der Waals surface area contributed by atoms with E-state index in [0.717, 1.165) is 19.6 Å². The van der Waals surface area contributed by atoms with Gasteiger partial charge in [0.25, 0.3) is 0 Å². The lowest BCUT2D eigenvalue weighted by molar-refractivity contribution is 0.271. The van der Waals surface area contributed by atoms with Crippen molar-refractivity contribution < 1.29 is 0 Å². The van der Waals surface area contributed by atoms with Gasteiger partial charge in [-0.05, 0) is 56.5 Å². The van der Waals surface area contributed by atoms with Crippen LogP contribution in [0.25, 0.3) is 10.9 Å². The Bertz CT molecular complexity index is 776. The van der Waals surface area contributed by atoms with Gasteiger partial charge in [-0.25, -0.2) is 0 Å². The minimum Gasteiger partial charge on any atom is -0.361 e. The summed E-state index contributed by atoms with van der Waals surface area (Å²) in [5.41, 5.74) is 3.85. The largest absolute Gasteiger partial charge is 0.361 e. The number of benzene rings is 1. The van der Waals surface area contributed by atoms with E-state index < -0.39 is 0 Å². The average molecular weight is 310 g/mol. The van der Waals surface area contributed by atoms with Crippen molar-refractivity contribution in [2.24, 2.45) is 0 Å². The van der Waals surface area contributed by atoms with Crippen molar-refractivity contribution in [1.29, 1.82) is 0 Å². The summed E-state index contributed by atoms with van der Waals surface area (Å²) >= 11 is 0. The van der Waals surface area contributed by atoms with Gasteiger partial charge in [-0.15, -0.1) is 0 Å². The fourth-order valence-corrected chi connectivity index (χ4v) is 2.81. The van der Waals surface area contributed by atoms with E-state index >= 15 is 0 Å². The lowest BCUT2D eigenvalue weighted by Gasteiger charge is -2.21. The molecule has 3 aromatic rings. The summed E-state index contributed by atoms with van der Waals surface area (Å²) in [4.78, 5) is 5.69. The van der Waals surface area contributed by atoms with Gasteiger partial charge in [0.2, 0.25) is 0 Å². The van der Waals surface area contributed by atoms with Gasteiger partial charge in [-0.1, -0.05) is 13.0 Å². The van der Waals surface area contributed by atoms with Gasteiger partial charge in [-0.2, -0.15) is 5.10 Å². The Kier molecular flexibility index (Phi) is 4.26. The predicted octanol–water partition coefficient (Wildman–Crippen LogP) is 4.14. The zero-order chi connectivity index (χ0) is 16.4. The first-order valence-corrected chi connectivity index (χ1v) is 8.28. The van der Waals surface area contributed by atoms with Crippen LogP contribution in [0.1, 0.15) is 38.8 Å². The molecule has 0 amide bonds. The number of fused-ring (bicyclic) bond motifs is 1. The minimum atomic E-state index is 0.0363. The van der Waals surface area contributed by atoms with Crippen LogP contribution in [0.15, 0.2) is 42.9 Å². The summed E-state index contributed by atoms with van der Waals surface area (Å²) in [5, 5.41) is 5.78. The molecule has 0 fully saturated rings. The average Bonchev–Trinajstić information content (AvgIpc) is 3.14. The number of aromatic amines is 1. The van der Waals surface area contributed by atoms with E-state index in [9.17, 15) is 0 Å². The van der Waals surface area contributed by atoms with E-state index in [0.29, 0.717) is 0 Å². The minimum absolute atomic E-state index is 0.0363. The quantitative estimate of drug-likeness (QED) is 0.769. The molecular weight excluding hydrogens is 284 g/mol. The van der Waals surface area contributed by atoms with Crippen LogP contribution in [0.2, 0.25) is 0 Å². The van der Waals surface area contributed by atoms with Crippen molar-refractivity contribution in [3.63, 3.8) is 0 Å². The molecule has 0 saturated carbocycles. The highest BCUT2D eigenvalue weighted by atomic mass is 15.3. The molecule has 0 aliphatic heterocycles. The topological polar surface area (TPSA) is 36.9 Å². The number of rotatable bonds is 5. The second-order valence-electron chi connectivity index (χ2n) is 7.17. The summed E-state index contributed by atoms with van der Waals surface area (Å²) in [6, 6.07) is 8.77. The molecule has 2 aromatic heterocycles. The predicted molar refractivity (Wildman–Crippen MR) is 95.3 cm³/mol. The number of aromatic nitrogens is 3.